The van der Waals surface area contributed by atoms with E-state index in [2.05, 4.69) is 36.2 Å². The molecule has 4 aromatic rings. The van der Waals surface area contributed by atoms with Crippen LogP contribution in [0.1, 0.15) is 12.5 Å². The van der Waals surface area contributed by atoms with Gasteiger partial charge in [0.15, 0.2) is 0 Å². The van der Waals surface area contributed by atoms with E-state index >= 15 is 0 Å². The van der Waals surface area contributed by atoms with Gasteiger partial charge < -0.3 is 15.2 Å². The normalized spacial score (nSPS) is 10.9. The zero-order chi connectivity index (χ0) is 23.8. The average Bonchev–Trinajstić information content (AvgIpc) is 2.85. The highest BCUT2D eigenvalue weighted by Crippen LogP contribution is 2.34. The molecule has 3 aromatic carbocycles. The van der Waals surface area contributed by atoms with Crippen LogP contribution in [0.25, 0.3) is 22.5 Å². The van der Waals surface area contributed by atoms with Gasteiger partial charge in [0.2, 0.25) is 0 Å². The number of likely N-dealkylation sites (N-methyl/N-ethyl adjacent to an activating group) is 1. The Labute approximate surface area is 201 Å². The van der Waals surface area contributed by atoms with Crippen molar-refractivity contribution < 1.29 is 9.47 Å². The first-order valence-corrected chi connectivity index (χ1v) is 11.6. The van der Waals surface area contributed by atoms with Crippen LogP contribution in [0, 0.1) is 0 Å². The Kier molecular flexibility index (Phi) is 7.79. The van der Waals surface area contributed by atoms with Gasteiger partial charge in [0.1, 0.15) is 18.1 Å². The molecule has 174 valence electrons. The molecule has 0 amide bonds. The van der Waals surface area contributed by atoms with E-state index in [-0.39, 0.29) is 0 Å². The SMILES string of the molecule is CCOc1cc(OCCN(C)Cc2ccccc2)ccc1-c1cccc(-c2ccccc2N)n1. The van der Waals surface area contributed by atoms with Crippen molar-refractivity contribution in [3.63, 3.8) is 0 Å². The van der Waals surface area contributed by atoms with Crippen molar-refractivity contribution in [1.82, 2.24) is 9.88 Å². The quantitative estimate of drug-likeness (QED) is 0.303. The van der Waals surface area contributed by atoms with Gasteiger partial charge in [-0.1, -0.05) is 54.6 Å². The molecule has 0 atom stereocenters. The summed E-state index contributed by atoms with van der Waals surface area (Å²) in [6.07, 6.45) is 0. The highest BCUT2D eigenvalue weighted by molar-refractivity contribution is 5.76. The molecule has 0 aliphatic rings. The molecule has 0 fully saturated rings. The highest BCUT2D eigenvalue weighted by atomic mass is 16.5. The van der Waals surface area contributed by atoms with Crippen LogP contribution in [0.5, 0.6) is 11.5 Å². The fourth-order valence-corrected chi connectivity index (χ4v) is 3.84. The van der Waals surface area contributed by atoms with E-state index in [4.69, 9.17) is 20.2 Å². The second-order valence-corrected chi connectivity index (χ2v) is 8.16. The van der Waals surface area contributed by atoms with E-state index in [0.717, 1.165) is 47.1 Å². The minimum Gasteiger partial charge on any atom is -0.493 e. The number of aromatic nitrogens is 1. The molecular formula is C29H31N3O2. The lowest BCUT2D eigenvalue weighted by molar-refractivity contribution is 0.232. The van der Waals surface area contributed by atoms with Gasteiger partial charge in [-0.3, -0.25) is 4.90 Å². The number of pyridine rings is 1. The van der Waals surface area contributed by atoms with Crippen LogP contribution in [0.2, 0.25) is 0 Å². The third kappa shape index (κ3) is 5.94. The maximum atomic E-state index is 6.16. The van der Waals surface area contributed by atoms with Crippen LogP contribution in [0.15, 0.2) is 91.0 Å². The largest absolute Gasteiger partial charge is 0.493 e. The molecule has 0 saturated heterocycles. The van der Waals surface area contributed by atoms with E-state index < -0.39 is 0 Å². The Bertz CT molecular complexity index is 1210. The summed E-state index contributed by atoms with van der Waals surface area (Å²) in [5.41, 5.74) is 11.7. The molecule has 0 saturated carbocycles. The molecule has 0 spiro atoms. The summed E-state index contributed by atoms with van der Waals surface area (Å²) in [5.74, 6) is 1.53. The van der Waals surface area contributed by atoms with Crippen LogP contribution in [0.4, 0.5) is 5.69 Å². The molecule has 2 N–H and O–H groups in total. The molecular weight excluding hydrogens is 422 g/mol. The van der Waals surface area contributed by atoms with Crippen molar-refractivity contribution in [2.45, 2.75) is 13.5 Å². The van der Waals surface area contributed by atoms with E-state index in [1.807, 2.05) is 73.7 Å². The zero-order valence-electron chi connectivity index (χ0n) is 19.8. The predicted octanol–water partition coefficient (Wildman–Crippen LogP) is 5.91. The number of hydrogen-bond acceptors (Lipinski definition) is 5. The van der Waals surface area contributed by atoms with Crippen molar-refractivity contribution >= 4 is 5.69 Å². The first kappa shape index (κ1) is 23.3. The first-order valence-electron chi connectivity index (χ1n) is 11.6. The summed E-state index contributed by atoms with van der Waals surface area (Å²) < 4.78 is 12.0. The molecule has 0 aliphatic heterocycles. The summed E-state index contributed by atoms with van der Waals surface area (Å²) in [4.78, 5) is 7.11. The van der Waals surface area contributed by atoms with E-state index in [0.29, 0.717) is 18.9 Å². The van der Waals surface area contributed by atoms with E-state index in [1.165, 1.54) is 5.56 Å². The Morgan fingerprint density at radius 2 is 1.53 bits per heavy atom. The molecule has 1 aromatic heterocycles. The molecule has 0 aliphatic carbocycles. The Balaban J connectivity index is 1.46. The van der Waals surface area contributed by atoms with Crippen molar-refractivity contribution in [2.24, 2.45) is 0 Å². The number of ether oxygens (including phenoxy) is 2. The minimum absolute atomic E-state index is 0.557. The number of para-hydroxylation sites is 1. The standard InChI is InChI=1S/C29H31N3O2/c1-3-33-29-20-23(34-19-18-32(2)21-22-10-5-4-6-11-22)16-17-25(29)28-15-9-14-27(31-28)24-12-7-8-13-26(24)30/h4-17,20H,3,18-19,21,30H2,1-2H3. The molecule has 0 unspecified atom stereocenters. The zero-order valence-corrected chi connectivity index (χ0v) is 19.8. The predicted molar refractivity (Wildman–Crippen MR) is 139 cm³/mol. The van der Waals surface area contributed by atoms with Gasteiger partial charge in [0.25, 0.3) is 0 Å². The summed E-state index contributed by atoms with van der Waals surface area (Å²) in [7, 11) is 2.10. The Morgan fingerprint density at radius 3 is 2.29 bits per heavy atom. The van der Waals surface area contributed by atoms with Crippen LogP contribution in [-0.4, -0.2) is 36.7 Å². The maximum Gasteiger partial charge on any atom is 0.132 e. The Morgan fingerprint density at radius 1 is 0.794 bits per heavy atom. The fraction of sp³-hybridized carbons (Fsp3) is 0.207. The van der Waals surface area contributed by atoms with Gasteiger partial charge in [0.05, 0.1) is 18.0 Å². The summed E-state index contributed by atoms with van der Waals surface area (Å²) in [5, 5.41) is 0. The maximum absolute atomic E-state index is 6.16. The molecule has 5 heteroatoms. The molecule has 5 nitrogen and oxygen atoms in total. The third-order valence-electron chi connectivity index (χ3n) is 5.55. The van der Waals surface area contributed by atoms with Gasteiger partial charge in [-0.05, 0) is 49.9 Å². The van der Waals surface area contributed by atoms with Gasteiger partial charge in [-0.25, -0.2) is 4.98 Å². The lowest BCUT2D eigenvalue weighted by atomic mass is 10.1. The number of nitrogens with two attached hydrogens (primary N) is 1. The summed E-state index contributed by atoms with van der Waals surface area (Å²) in [6.45, 7) is 4.84. The number of nitrogen functional groups attached to an aromatic ring is 1. The van der Waals surface area contributed by atoms with Gasteiger partial charge >= 0.3 is 0 Å². The second-order valence-electron chi connectivity index (χ2n) is 8.16. The van der Waals surface area contributed by atoms with Crippen molar-refractivity contribution in [2.75, 3.05) is 32.5 Å². The number of nitrogens with zero attached hydrogens (tertiary/aromatic N) is 2. The van der Waals surface area contributed by atoms with E-state index in [9.17, 15) is 0 Å². The lowest BCUT2D eigenvalue weighted by Crippen LogP contribution is -2.23. The van der Waals surface area contributed by atoms with Gasteiger partial charge in [-0.15, -0.1) is 0 Å². The topological polar surface area (TPSA) is 60.6 Å². The smallest absolute Gasteiger partial charge is 0.132 e. The van der Waals surface area contributed by atoms with Gasteiger partial charge in [0, 0.05) is 36.0 Å². The van der Waals surface area contributed by atoms with Crippen molar-refractivity contribution in [3.05, 3.63) is 96.6 Å². The Hall–Kier alpha value is -3.83. The lowest BCUT2D eigenvalue weighted by Gasteiger charge is -2.18. The molecule has 1 heterocycles. The number of anilines is 1. The third-order valence-corrected chi connectivity index (χ3v) is 5.55. The molecule has 34 heavy (non-hydrogen) atoms. The number of rotatable bonds is 10. The summed E-state index contributed by atoms with van der Waals surface area (Å²) >= 11 is 0. The van der Waals surface area contributed by atoms with Crippen molar-refractivity contribution in [3.8, 4) is 34.0 Å². The fourth-order valence-electron chi connectivity index (χ4n) is 3.84. The van der Waals surface area contributed by atoms with Gasteiger partial charge in [-0.2, -0.15) is 0 Å². The first-order chi connectivity index (χ1) is 16.6. The van der Waals surface area contributed by atoms with Crippen molar-refractivity contribution in [1.29, 1.82) is 0 Å². The second kappa shape index (κ2) is 11.3. The van der Waals surface area contributed by atoms with Crippen LogP contribution in [-0.2, 0) is 6.54 Å². The van der Waals surface area contributed by atoms with E-state index in [1.54, 1.807) is 0 Å². The van der Waals surface area contributed by atoms with Crippen LogP contribution < -0.4 is 15.2 Å². The molecule has 4 rings (SSSR count). The highest BCUT2D eigenvalue weighted by Gasteiger charge is 2.12. The number of hydrogen-bond donors (Lipinski definition) is 1. The van der Waals surface area contributed by atoms with Crippen LogP contribution in [0.3, 0.4) is 0 Å². The minimum atomic E-state index is 0.557. The van der Waals surface area contributed by atoms with Crippen LogP contribution >= 0.6 is 0 Å². The summed E-state index contributed by atoms with van der Waals surface area (Å²) in [6, 6.07) is 30.1. The molecule has 0 radical (unpaired) electrons. The monoisotopic (exact) mass is 453 g/mol. The number of benzene rings is 3. The molecule has 0 bridgehead atoms. The average molecular weight is 454 g/mol.